The molecule has 0 amide bonds. The molecule has 1 unspecified atom stereocenters. The van der Waals surface area contributed by atoms with Crippen molar-refractivity contribution in [2.75, 3.05) is 7.05 Å². The van der Waals surface area contributed by atoms with Gasteiger partial charge in [0.25, 0.3) is 0 Å². The van der Waals surface area contributed by atoms with Crippen molar-refractivity contribution in [1.82, 2.24) is 10.3 Å². The van der Waals surface area contributed by atoms with E-state index in [1.165, 1.54) is 19.9 Å². The van der Waals surface area contributed by atoms with Gasteiger partial charge in [-0.05, 0) is 53.2 Å². The van der Waals surface area contributed by atoms with E-state index in [4.69, 9.17) is 0 Å². The van der Waals surface area contributed by atoms with Crippen molar-refractivity contribution in [1.29, 1.82) is 0 Å². The highest BCUT2D eigenvalue weighted by molar-refractivity contribution is 9.11. The molecule has 2 aromatic rings. The van der Waals surface area contributed by atoms with Crippen LogP contribution < -0.4 is 5.32 Å². The molecule has 1 atom stereocenters. The highest BCUT2D eigenvalue weighted by atomic mass is 79.9. The Balaban J connectivity index is 2.22. The molecule has 0 saturated carbocycles. The molecule has 0 aromatic carbocycles. The van der Waals surface area contributed by atoms with Gasteiger partial charge in [0.05, 0.1) is 15.5 Å². The first-order chi connectivity index (χ1) is 8.74. The maximum absolute atomic E-state index is 4.55. The summed E-state index contributed by atoms with van der Waals surface area (Å²) in [5, 5.41) is 3.38. The fourth-order valence-corrected chi connectivity index (χ4v) is 3.59. The minimum Gasteiger partial charge on any atom is -0.311 e. The molecule has 96 valence electrons. The largest absolute Gasteiger partial charge is 0.311 e. The van der Waals surface area contributed by atoms with E-state index in [9.17, 15) is 0 Å². The van der Waals surface area contributed by atoms with Gasteiger partial charge in [0.15, 0.2) is 0 Å². The summed E-state index contributed by atoms with van der Waals surface area (Å²) in [5.74, 6) is 0. The monoisotopic (exact) mass is 324 g/mol. The summed E-state index contributed by atoms with van der Waals surface area (Å²) in [7, 11) is 2.00. The number of likely N-dealkylation sites (N-methyl/N-ethyl adjacent to an activating group) is 1. The molecule has 0 aliphatic rings. The van der Waals surface area contributed by atoms with Crippen LogP contribution in [0.25, 0.3) is 0 Å². The minimum absolute atomic E-state index is 0.284. The predicted molar refractivity (Wildman–Crippen MR) is 81.1 cm³/mol. The van der Waals surface area contributed by atoms with Crippen LogP contribution in [-0.4, -0.2) is 12.0 Å². The first-order valence-corrected chi connectivity index (χ1v) is 7.70. The summed E-state index contributed by atoms with van der Waals surface area (Å²) in [4.78, 5) is 5.92. The third kappa shape index (κ3) is 3.19. The molecule has 4 heteroatoms. The Hall–Kier alpha value is -0.710. The summed E-state index contributed by atoms with van der Waals surface area (Å²) < 4.78 is 1.18. The second-order valence-corrected chi connectivity index (χ2v) is 6.70. The predicted octanol–water partition coefficient (Wildman–Crippen LogP) is 3.97. The number of nitrogens with zero attached hydrogens (tertiary/aromatic N) is 1. The Morgan fingerprint density at radius 1 is 1.39 bits per heavy atom. The molecule has 2 nitrogen and oxygen atoms in total. The van der Waals surface area contributed by atoms with Crippen LogP contribution in [0.3, 0.4) is 0 Å². The van der Waals surface area contributed by atoms with Gasteiger partial charge in [-0.25, -0.2) is 0 Å². The summed E-state index contributed by atoms with van der Waals surface area (Å²) >= 11 is 5.30. The third-order valence-corrected chi connectivity index (χ3v) is 4.67. The highest BCUT2D eigenvalue weighted by Gasteiger charge is 2.15. The molecular weight excluding hydrogens is 308 g/mol. The lowest BCUT2D eigenvalue weighted by Crippen LogP contribution is -2.21. The minimum atomic E-state index is 0.284. The number of hydrogen-bond acceptors (Lipinski definition) is 3. The second kappa shape index (κ2) is 6.45. The normalized spacial score (nSPS) is 12.6. The molecule has 18 heavy (non-hydrogen) atoms. The van der Waals surface area contributed by atoms with Crippen molar-refractivity contribution in [2.45, 2.75) is 25.8 Å². The van der Waals surface area contributed by atoms with E-state index in [0.717, 1.165) is 12.8 Å². The summed E-state index contributed by atoms with van der Waals surface area (Å²) in [5.41, 5.74) is 2.50. The van der Waals surface area contributed by atoms with Crippen molar-refractivity contribution < 1.29 is 0 Å². The SMILES string of the molecule is CCc1cccnc1C(Cc1ccc(Br)s1)NC. The molecule has 1 N–H and O–H groups in total. The molecule has 0 fully saturated rings. The van der Waals surface area contributed by atoms with E-state index in [1.54, 1.807) is 11.3 Å². The lowest BCUT2D eigenvalue weighted by atomic mass is 10.0. The third-order valence-electron chi connectivity index (χ3n) is 3.02. The Kier molecular flexibility index (Phi) is 4.92. The fourth-order valence-electron chi connectivity index (χ4n) is 2.06. The smallest absolute Gasteiger partial charge is 0.0701 e. The summed E-state index contributed by atoms with van der Waals surface area (Å²) in [6.45, 7) is 2.18. The first-order valence-electron chi connectivity index (χ1n) is 6.09. The number of hydrogen-bond donors (Lipinski definition) is 1. The summed E-state index contributed by atoms with van der Waals surface area (Å²) in [6.07, 6.45) is 3.88. The van der Waals surface area contributed by atoms with Gasteiger partial charge in [-0.2, -0.15) is 0 Å². The zero-order valence-corrected chi connectivity index (χ0v) is 13.0. The molecule has 0 bridgehead atoms. The molecule has 0 radical (unpaired) electrons. The first kappa shape index (κ1) is 13.7. The topological polar surface area (TPSA) is 24.9 Å². The standard InChI is InChI=1S/C14H17BrN2S/c1-3-10-5-4-8-17-14(10)12(16-2)9-11-6-7-13(15)18-11/h4-8,12,16H,3,9H2,1-2H3. The number of nitrogens with one attached hydrogen (secondary N) is 1. The zero-order chi connectivity index (χ0) is 13.0. The van der Waals surface area contributed by atoms with E-state index in [1.807, 2.05) is 19.3 Å². The van der Waals surface area contributed by atoms with E-state index in [-0.39, 0.29) is 6.04 Å². The van der Waals surface area contributed by atoms with Crippen LogP contribution in [0.15, 0.2) is 34.2 Å². The maximum Gasteiger partial charge on any atom is 0.0701 e. The van der Waals surface area contributed by atoms with Gasteiger partial charge in [-0.15, -0.1) is 11.3 Å². The van der Waals surface area contributed by atoms with Crippen LogP contribution in [-0.2, 0) is 12.8 Å². The van der Waals surface area contributed by atoms with Gasteiger partial charge in [0.2, 0.25) is 0 Å². The van der Waals surface area contributed by atoms with E-state index in [0.29, 0.717) is 0 Å². The van der Waals surface area contributed by atoms with Crippen molar-refractivity contribution in [2.24, 2.45) is 0 Å². The van der Waals surface area contributed by atoms with Crippen LogP contribution in [0.1, 0.15) is 29.1 Å². The molecule has 0 aliphatic heterocycles. The van der Waals surface area contributed by atoms with E-state index >= 15 is 0 Å². The van der Waals surface area contributed by atoms with Gasteiger partial charge in [-0.1, -0.05) is 13.0 Å². The van der Waals surface area contributed by atoms with E-state index in [2.05, 4.69) is 51.4 Å². The Labute approximate surface area is 121 Å². The zero-order valence-electron chi connectivity index (χ0n) is 10.6. The van der Waals surface area contributed by atoms with Crippen LogP contribution in [0.4, 0.5) is 0 Å². The van der Waals surface area contributed by atoms with Crippen LogP contribution in [0.2, 0.25) is 0 Å². The molecule has 0 aliphatic carbocycles. The van der Waals surface area contributed by atoms with Crippen molar-refractivity contribution >= 4 is 27.3 Å². The quantitative estimate of drug-likeness (QED) is 0.900. The molecule has 2 rings (SSSR count). The fraction of sp³-hybridized carbons (Fsp3) is 0.357. The average Bonchev–Trinajstić information content (AvgIpc) is 2.81. The van der Waals surface area contributed by atoms with Gasteiger partial charge >= 0.3 is 0 Å². The van der Waals surface area contributed by atoms with Gasteiger partial charge in [0.1, 0.15) is 0 Å². The van der Waals surface area contributed by atoms with E-state index < -0.39 is 0 Å². The average molecular weight is 325 g/mol. The van der Waals surface area contributed by atoms with Crippen molar-refractivity contribution in [3.63, 3.8) is 0 Å². The number of aromatic nitrogens is 1. The number of halogens is 1. The Morgan fingerprint density at radius 2 is 2.22 bits per heavy atom. The van der Waals surface area contributed by atoms with Crippen LogP contribution >= 0.6 is 27.3 Å². The lowest BCUT2D eigenvalue weighted by Gasteiger charge is -2.17. The number of rotatable bonds is 5. The Bertz CT molecular complexity index is 510. The maximum atomic E-state index is 4.55. The molecular formula is C14H17BrN2S. The van der Waals surface area contributed by atoms with Gasteiger partial charge < -0.3 is 5.32 Å². The summed E-state index contributed by atoms with van der Waals surface area (Å²) in [6, 6.07) is 8.74. The molecule has 2 heterocycles. The highest BCUT2D eigenvalue weighted by Crippen LogP contribution is 2.27. The Morgan fingerprint density at radius 3 is 2.83 bits per heavy atom. The van der Waals surface area contributed by atoms with Crippen LogP contribution in [0, 0.1) is 0 Å². The number of aryl methyl sites for hydroxylation is 1. The molecule has 2 aromatic heterocycles. The molecule has 0 saturated heterocycles. The number of pyridine rings is 1. The second-order valence-electron chi connectivity index (χ2n) is 4.15. The van der Waals surface area contributed by atoms with Crippen molar-refractivity contribution in [3.05, 3.63) is 50.4 Å². The van der Waals surface area contributed by atoms with Crippen LogP contribution in [0.5, 0.6) is 0 Å². The number of thiophene rings is 1. The van der Waals surface area contributed by atoms with Gasteiger partial charge in [-0.3, -0.25) is 4.98 Å². The lowest BCUT2D eigenvalue weighted by molar-refractivity contribution is 0.574. The van der Waals surface area contributed by atoms with Crippen molar-refractivity contribution in [3.8, 4) is 0 Å². The van der Waals surface area contributed by atoms with Gasteiger partial charge in [0, 0.05) is 17.5 Å². The molecule has 0 spiro atoms.